The zero-order valence-corrected chi connectivity index (χ0v) is 18.5. The molecule has 2 amide bonds. The Morgan fingerprint density at radius 1 is 1.21 bits per heavy atom. The molecule has 0 saturated carbocycles. The van der Waals surface area contributed by atoms with Gasteiger partial charge < -0.3 is 10.2 Å². The van der Waals surface area contributed by atoms with Gasteiger partial charge in [-0.1, -0.05) is 11.6 Å². The van der Waals surface area contributed by atoms with Crippen molar-refractivity contribution in [3.8, 4) is 11.1 Å². The van der Waals surface area contributed by atoms with Crippen molar-refractivity contribution in [2.75, 3.05) is 16.8 Å². The first-order chi connectivity index (χ1) is 16.0. The van der Waals surface area contributed by atoms with Crippen LogP contribution in [0.3, 0.4) is 0 Å². The van der Waals surface area contributed by atoms with Gasteiger partial charge in [-0.2, -0.15) is 13.2 Å². The van der Waals surface area contributed by atoms with Crippen LogP contribution in [-0.2, 0) is 15.8 Å². The second-order valence-corrected chi connectivity index (χ2v) is 8.02. The molecule has 3 aromatic rings. The zero-order valence-electron chi connectivity index (χ0n) is 17.7. The van der Waals surface area contributed by atoms with Crippen molar-refractivity contribution in [3.05, 3.63) is 64.6 Å². The summed E-state index contributed by atoms with van der Waals surface area (Å²) in [5, 5.41) is 2.38. The molecule has 3 aromatic heterocycles. The van der Waals surface area contributed by atoms with Gasteiger partial charge in [0, 0.05) is 23.0 Å². The summed E-state index contributed by atoms with van der Waals surface area (Å²) in [7, 11) is 0. The van der Waals surface area contributed by atoms with Gasteiger partial charge in [0.05, 0.1) is 29.1 Å². The summed E-state index contributed by atoms with van der Waals surface area (Å²) in [6.07, 6.45) is -2.99. The Bertz CT molecular complexity index is 1300. The Labute approximate surface area is 195 Å². The van der Waals surface area contributed by atoms with Crippen LogP contribution in [0.5, 0.6) is 0 Å². The molecule has 34 heavy (non-hydrogen) atoms. The number of aromatic nitrogens is 3. The zero-order chi connectivity index (χ0) is 24.8. The predicted octanol–water partition coefficient (Wildman–Crippen LogP) is 4.75. The summed E-state index contributed by atoms with van der Waals surface area (Å²) in [5.41, 5.74) is 0.509. The number of rotatable bonds is 3. The van der Waals surface area contributed by atoms with Crippen molar-refractivity contribution >= 4 is 34.9 Å². The molecular formula is C22H16ClF4N5O2. The van der Waals surface area contributed by atoms with E-state index in [1.165, 1.54) is 17.0 Å². The number of carbonyl (C=O) groups excluding carboxylic acids is 2. The Morgan fingerprint density at radius 2 is 1.94 bits per heavy atom. The Morgan fingerprint density at radius 3 is 2.59 bits per heavy atom. The average molecular weight is 494 g/mol. The molecule has 1 atom stereocenters. The molecule has 0 fully saturated rings. The molecule has 1 aliphatic heterocycles. The number of pyridine rings is 3. The van der Waals surface area contributed by atoms with Gasteiger partial charge in [-0.15, -0.1) is 0 Å². The van der Waals surface area contributed by atoms with Gasteiger partial charge >= 0.3 is 6.18 Å². The Balaban J connectivity index is 1.70. The van der Waals surface area contributed by atoms with Crippen molar-refractivity contribution in [2.45, 2.75) is 25.9 Å². The summed E-state index contributed by atoms with van der Waals surface area (Å²) < 4.78 is 52.3. The lowest BCUT2D eigenvalue weighted by molar-refractivity contribution is -0.137. The van der Waals surface area contributed by atoms with E-state index in [-0.39, 0.29) is 33.5 Å². The van der Waals surface area contributed by atoms with Gasteiger partial charge in [-0.05, 0) is 38.1 Å². The lowest BCUT2D eigenvalue weighted by Gasteiger charge is -2.24. The number of anilines is 2. The molecular weight excluding hydrogens is 478 g/mol. The number of alkyl halides is 3. The average Bonchev–Trinajstić information content (AvgIpc) is 2.83. The SMILES string of the molecule is Cc1cc2c(c(Cl)n1)-c1cc(F)cnc1C(C)C(=O)N2CC(=O)Nc1ccc(C(F)(F)F)cn1. The third kappa shape index (κ3) is 4.43. The van der Waals surface area contributed by atoms with Crippen LogP contribution < -0.4 is 10.2 Å². The van der Waals surface area contributed by atoms with E-state index in [1.807, 2.05) is 0 Å². The topological polar surface area (TPSA) is 88.1 Å². The lowest BCUT2D eigenvalue weighted by atomic mass is 9.98. The third-order valence-electron chi connectivity index (χ3n) is 5.23. The van der Waals surface area contributed by atoms with E-state index >= 15 is 0 Å². The fourth-order valence-corrected chi connectivity index (χ4v) is 4.00. The highest BCUT2D eigenvalue weighted by molar-refractivity contribution is 6.33. The standard InChI is InChI=1S/C22H16ClF4N5O2/c1-10-5-15-18(20(23)30-10)14-6-13(24)8-29-19(14)11(2)21(34)32(15)9-17(33)31-16-4-3-12(7-28-16)22(25,26)27/h3-8,11H,9H2,1-2H3,(H,28,31,33). The first-order valence-corrected chi connectivity index (χ1v) is 10.3. The van der Waals surface area contributed by atoms with E-state index in [1.54, 1.807) is 13.8 Å². The number of nitrogens with zero attached hydrogens (tertiary/aromatic N) is 4. The molecule has 1 unspecified atom stereocenters. The fraction of sp³-hybridized carbons (Fsp3) is 0.227. The molecule has 0 saturated heterocycles. The van der Waals surface area contributed by atoms with Crippen molar-refractivity contribution < 1.29 is 27.2 Å². The molecule has 0 spiro atoms. The second kappa shape index (κ2) is 8.64. The second-order valence-electron chi connectivity index (χ2n) is 7.66. The molecule has 1 N–H and O–H groups in total. The summed E-state index contributed by atoms with van der Waals surface area (Å²) in [6.45, 7) is 2.70. The van der Waals surface area contributed by atoms with Crippen LogP contribution in [0.2, 0.25) is 5.15 Å². The highest BCUT2D eigenvalue weighted by Crippen LogP contribution is 2.43. The first-order valence-electron chi connectivity index (χ1n) is 9.93. The maximum absolute atomic E-state index is 14.0. The van der Waals surface area contributed by atoms with Crippen LogP contribution in [0.4, 0.5) is 29.1 Å². The minimum atomic E-state index is -4.57. The van der Waals surface area contributed by atoms with Crippen LogP contribution in [0.25, 0.3) is 11.1 Å². The minimum Gasteiger partial charge on any atom is -0.309 e. The maximum Gasteiger partial charge on any atom is 0.417 e. The molecule has 0 bridgehead atoms. The molecule has 12 heteroatoms. The molecule has 7 nitrogen and oxygen atoms in total. The van der Waals surface area contributed by atoms with Crippen molar-refractivity contribution in [1.29, 1.82) is 0 Å². The van der Waals surface area contributed by atoms with E-state index in [2.05, 4.69) is 20.3 Å². The monoisotopic (exact) mass is 493 g/mol. The van der Waals surface area contributed by atoms with Gasteiger partial charge in [-0.3, -0.25) is 14.6 Å². The fourth-order valence-electron chi connectivity index (χ4n) is 3.67. The smallest absolute Gasteiger partial charge is 0.309 e. The van der Waals surface area contributed by atoms with Crippen LogP contribution >= 0.6 is 11.6 Å². The Hall–Kier alpha value is -3.60. The van der Waals surface area contributed by atoms with Crippen LogP contribution in [-0.4, -0.2) is 33.3 Å². The van der Waals surface area contributed by atoms with E-state index in [0.29, 0.717) is 11.9 Å². The summed E-state index contributed by atoms with van der Waals surface area (Å²) in [5.74, 6) is -2.83. The van der Waals surface area contributed by atoms with Crippen LogP contribution in [0, 0.1) is 12.7 Å². The summed E-state index contributed by atoms with van der Waals surface area (Å²) in [6, 6.07) is 4.52. The summed E-state index contributed by atoms with van der Waals surface area (Å²) >= 11 is 6.38. The van der Waals surface area contributed by atoms with Crippen LogP contribution in [0.15, 0.2) is 36.7 Å². The number of nitrogens with one attached hydrogen (secondary N) is 1. The number of amides is 2. The lowest BCUT2D eigenvalue weighted by Crippen LogP contribution is -2.40. The van der Waals surface area contributed by atoms with E-state index in [9.17, 15) is 27.2 Å². The molecule has 176 valence electrons. The highest BCUT2D eigenvalue weighted by atomic mass is 35.5. The van der Waals surface area contributed by atoms with Gasteiger partial charge in [0.1, 0.15) is 23.3 Å². The molecule has 0 radical (unpaired) electrons. The Kier molecular flexibility index (Phi) is 5.98. The van der Waals surface area contributed by atoms with Gasteiger partial charge in [0.25, 0.3) is 0 Å². The number of fused-ring (bicyclic) bond motifs is 3. The molecule has 1 aliphatic rings. The summed E-state index contributed by atoms with van der Waals surface area (Å²) in [4.78, 5) is 39.1. The highest BCUT2D eigenvalue weighted by Gasteiger charge is 2.36. The van der Waals surface area contributed by atoms with E-state index in [4.69, 9.17) is 11.6 Å². The van der Waals surface area contributed by atoms with E-state index < -0.39 is 41.8 Å². The molecule has 0 aromatic carbocycles. The largest absolute Gasteiger partial charge is 0.417 e. The van der Waals surface area contributed by atoms with Crippen molar-refractivity contribution in [2.24, 2.45) is 0 Å². The number of hydrogen-bond donors (Lipinski definition) is 1. The third-order valence-corrected chi connectivity index (χ3v) is 5.51. The first kappa shape index (κ1) is 23.6. The minimum absolute atomic E-state index is 0.000337. The quantitative estimate of drug-likeness (QED) is 0.420. The number of carbonyl (C=O) groups is 2. The molecule has 4 heterocycles. The number of halogens is 5. The van der Waals surface area contributed by atoms with Gasteiger partial charge in [0.2, 0.25) is 11.8 Å². The van der Waals surface area contributed by atoms with Crippen molar-refractivity contribution in [1.82, 2.24) is 15.0 Å². The van der Waals surface area contributed by atoms with Gasteiger partial charge in [0.15, 0.2) is 0 Å². The van der Waals surface area contributed by atoms with E-state index in [0.717, 1.165) is 18.3 Å². The van der Waals surface area contributed by atoms with Crippen molar-refractivity contribution in [3.63, 3.8) is 0 Å². The predicted molar refractivity (Wildman–Crippen MR) is 116 cm³/mol. The maximum atomic E-state index is 14.0. The van der Waals surface area contributed by atoms with Gasteiger partial charge in [-0.25, -0.2) is 14.4 Å². The normalized spacial score (nSPS) is 15.4. The number of hydrogen-bond acceptors (Lipinski definition) is 5. The number of aryl methyl sites for hydroxylation is 1. The van der Waals surface area contributed by atoms with Crippen LogP contribution in [0.1, 0.15) is 29.8 Å². The molecule has 0 aliphatic carbocycles. The molecule has 4 rings (SSSR count).